The van der Waals surface area contributed by atoms with Crippen molar-refractivity contribution in [2.75, 3.05) is 6.54 Å². The molecule has 3 heterocycles. The van der Waals surface area contributed by atoms with Crippen molar-refractivity contribution in [3.63, 3.8) is 0 Å². The fourth-order valence-electron chi connectivity index (χ4n) is 5.67. The van der Waals surface area contributed by atoms with Crippen molar-refractivity contribution in [2.24, 2.45) is 5.92 Å². The van der Waals surface area contributed by atoms with E-state index < -0.39 is 59.0 Å². The van der Waals surface area contributed by atoms with E-state index in [2.05, 4.69) is 15.6 Å². The number of carboxylic acid groups (broad SMARTS) is 1. The summed E-state index contributed by atoms with van der Waals surface area (Å²) < 4.78 is 25.8. The Bertz CT molecular complexity index is 1440. The SMILES string of the molecule is CC(C)(C)OC(=O)N[C@H]1CCCCC/C=C\[C@@H]2C[C@@]2(C(=O)O)NC(=O)[C@@H]2C[C@@H](Oc3nc4ccc(F)cc4s3)CN2C1=O. The van der Waals surface area contributed by atoms with Crippen LogP contribution in [0.2, 0.25) is 0 Å². The van der Waals surface area contributed by atoms with Gasteiger partial charge in [-0.15, -0.1) is 0 Å². The summed E-state index contributed by atoms with van der Waals surface area (Å²) in [5.41, 5.74) is -1.66. The van der Waals surface area contributed by atoms with Gasteiger partial charge in [-0.1, -0.05) is 36.3 Å². The first-order valence-electron chi connectivity index (χ1n) is 14.6. The third-order valence-electron chi connectivity index (χ3n) is 7.91. The zero-order chi connectivity index (χ0) is 30.9. The van der Waals surface area contributed by atoms with E-state index in [0.29, 0.717) is 23.1 Å². The van der Waals surface area contributed by atoms with Crippen LogP contribution in [0.15, 0.2) is 30.4 Å². The van der Waals surface area contributed by atoms with Crippen LogP contribution in [0.5, 0.6) is 5.19 Å². The van der Waals surface area contributed by atoms with E-state index in [9.17, 15) is 28.7 Å². The van der Waals surface area contributed by atoms with Crippen LogP contribution in [0, 0.1) is 11.7 Å². The van der Waals surface area contributed by atoms with Crippen molar-refractivity contribution in [1.82, 2.24) is 20.5 Å². The minimum atomic E-state index is -1.44. The maximum absolute atomic E-state index is 14.0. The fraction of sp³-hybridized carbons (Fsp3) is 0.567. The first kappa shape index (κ1) is 30.7. The molecule has 1 aromatic heterocycles. The van der Waals surface area contributed by atoms with E-state index >= 15 is 0 Å². The number of thiazole rings is 1. The molecule has 0 spiro atoms. The Morgan fingerprint density at radius 2 is 2.02 bits per heavy atom. The summed E-state index contributed by atoms with van der Waals surface area (Å²) in [5, 5.41) is 15.7. The summed E-state index contributed by atoms with van der Waals surface area (Å²) in [5.74, 6) is -2.96. The highest BCUT2D eigenvalue weighted by Gasteiger charge is 2.61. The van der Waals surface area contributed by atoms with Crippen LogP contribution in [0.1, 0.15) is 65.7 Å². The van der Waals surface area contributed by atoms with Crippen LogP contribution in [0.4, 0.5) is 9.18 Å². The van der Waals surface area contributed by atoms with Gasteiger partial charge in [0.25, 0.3) is 5.19 Å². The number of nitrogens with one attached hydrogen (secondary N) is 2. The number of nitrogens with zero attached hydrogens (tertiary/aromatic N) is 2. The highest BCUT2D eigenvalue weighted by Crippen LogP contribution is 2.45. The Kier molecular flexibility index (Phi) is 8.64. The Morgan fingerprint density at radius 1 is 1.23 bits per heavy atom. The fourth-order valence-corrected chi connectivity index (χ4v) is 6.57. The number of fused-ring (bicyclic) bond motifs is 3. The number of ether oxygens (including phenoxy) is 2. The second-order valence-electron chi connectivity index (χ2n) is 12.4. The van der Waals surface area contributed by atoms with E-state index in [1.807, 2.05) is 12.2 Å². The van der Waals surface area contributed by atoms with E-state index in [4.69, 9.17) is 9.47 Å². The lowest BCUT2D eigenvalue weighted by atomic mass is 10.0. The summed E-state index contributed by atoms with van der Waals surface area (Å²) in [6.45, 7) is 5.18. The highest BCUT2D eigenvalue weighted by molar-refractivity contribution is 7.20. The molecule has 2 aromatic rings. The largest absolute Gasteiger partial charge is 0.479 e. The van der Waals surface area contributed by atoms with Crippen molar-refractivity contribution in [3.8, 4) is 5.19 Å². The van der Waals surface area contributed by atoms with E-state index in [1.165, 1.54) is 17.0 Å². The first-order valence-corrected chi connectivity index (χ1v) is 15.4. The minimum Gasteiger partial charge on any atom is -0.479 e. The van der Waals surface area contributed by atoms with Gasteiger partial charge >= 0.3 is 12.1 Å². The predicted molar refractivity (Wildman–Crippen MR) is 156 cm³/mol. The molecule has 1 aliphatic carbocycles. The average Bonchev–Trinajstić information content (AvgIpc) is 3.23. The number of carbonyl (C=O) groups excluding carboxylic acids is 3. The summed E-state index contributed by atoms with van der Waals surface area (Å²) in [7, 11) is 0. The molecule has 3 N–H and O–H groups in total. The molecule has 0 bridgehead atoms. The summed E-state index contributed by atoms with van der Waals surface area (Å²) >= 11 is 1.15. The van der Waals surface area contributed by atoms with E-state index in [0.717, 1.165) is 30.6 Å². The van der Waals surface area contributed by atoms with E-state index in [1.54, 1.807) is 26.8 Å². The standard InChI is InChI=1S/C30H37FN4O7S/c1-29(2,3)42-27(40)32-21-10-8-6-4-5-7-9-17-15-30(17,26(38)39)34-24(36)22-14-19(16-35(22)25(21)37)41-28-33-20-12-11-18(31)13-23(20)43-28/h7,9,11-13,17,19,21-22H,4-6,8,10,14-16H2,1-3H3,(H,32,40)(H,34,36)(H,38,39)/b9-7-/t17-,19-,21+,22+,30-/m1/s1. The molecule has 1 saturated carbocycles. The number of hydrogen-bond donors (Lipinski definition) is 3. The lowest BCUT2D eigenvalue weighted by Crippen LogP contribution is -2.56. The number of allylic oxidation sites excluding steroid dienone is 1. The topological polar surface area (TPSA) is 147 Å². The molecule has 1 aromatic carbocycles. The van der Waals surface area contributed by atoms with Crippen molar-refractivity contribution in [3.05, 3.63) is 36.2 Å². The number of alkyl carbamates (subject to hydrolysis) is 1. The summed E-state index contributed by atoms with van der Waals surface area (Å²) in [4.78, 5) is 58.5. The first-order chi connectivity index (χ1) is 20.3. The predicted octanol–water partition coefficient (Wildman–Crippen LogP) is 4.16. The number of hydrogen-bond acceptors (Lipinski definition) is 8. The summed E-state index contributed by atoms with van der Waals surface area (Å²) in [6, 6.07) is 2.20. The lowest BCUT2D eigenvalue weighted by molar-refractivity contribution is -0.145. The molecule has 5 atom stereocenters. The third kappa shape index (κ3) is 7.09. The lowest BCUT2D eigenvalue weighted by Gasteiger charge is -2.30. The van der Waals surface area contributed by atoms with Gasteiger partial charge in [-0.05, 0) is 64.7 Å². The number of carbonyl (C=O) groups is 4. The number of carboxylic acids is 1. The quantitative estimate of drug-likeness (QED) is 0.434. The van der Waals surface area contributed by atoms with Gasteiger partial charge in [-0.2, -0.15) is 0 Å². The number of halogens is 1. The molecule has 1 saturated heterocycles. The van der Waals surface area contributed by atoms with Crippen molar-refractivity contribution in [2.45, 2.75) is 95.0 Å². The molecule has 232 valence electrons. The Labute approximate surface area is 252 Å². The maximum atomic E-state index is 14.0. The van der Waals surface area contributed by atoms with Crippen LogP contribution in [0.25, 0.3) is 10.2 Å². The Morgan fingerprint density at radius 3 is 2.77 bits per heavy atom. The molecule has 0 unspecified atom stereocenters. The molecular weight excluding hydrogens is 579 g/mol. The maximum Gasteiger partial charge on any atom is 0.408 e. The molecule has 0 radical (unpaired) electrons. The minimum absolute atomic E-state index is 0.0110. The van der Waals surface area contributed by atoms with Gasteiger partial charge in [0.05, 0.1) is 16.8 Å². The molecule has 3 amide bonds. The zero-order valence-corrected chi connectivity index (χ0v) is 25.2. The zero-order valence-electron chi connectivity index (χ0n) is 24.4. The summed E-state index contributed by atoms with van der Waals surface area (Å²) in [6.07, 6.45) is 6.09. The Hall–Kier alpha value is -3.74. The number of benzene rings is 1. The monoisotopic (exact) mass is 616 g/mol. The normalized spacial score (nSPS) is 29.0. The van der Waals surface area contributed by atoms with Gasteiger partial charge in [0.1, 0.15) is 35.1 Å². The smallest absolute Gasteiger partial charge is 0.408 e. The molecule has 2 aliphatic heterocycles. The molecule has 11 nitrogen and oxygen atoms in total. The second kappa shape index (κ2) is 12.1. The van der Waals surface area contributed by atoms with E-state index in [-0.39, 0.29) is 30.5 Å². The number of rotatable bonds is 4. The van der Waals surface area contributed by atoms with Gasteiger partial charge in [0.15, 0.2) is 0 Å². The molecule has 3 aliphatic rings. The van der Waals surface area contributed by atoms with Gasteiger partial charge < -0.3 is 30.1 Å². The van der Waals surface area contributed by atoms with Crippen LogP contribution >= 0.6 is 11.3 Å². The third-order valence-corrected chi connectivity index (χ3v) is 8.82. The van der Waals surface area contributed by atoms with Crippen LogP contribution in [-0.2, 0) is 19.1 Å². The molecule has 13 heteroatoms. The van der Waals surface area contributed by atoms with Gasteiger partial charge in [0, 0.05) is 12.3 Å². The number of aromatic nitrogens is 1. The molecular formula is C30H37FN4O7S. The van der Waals surface area contributed by atoms with Crippen molar-refractivity contribution in [1.29, 1.82) is 0 Å². The average molecular weight is 617 g/mol. The molecule has 43 heavy (non-hydrogen) atoms. The van der Waals surface area contributed by atoms with Crippen molar-refractivity contribution < 1.29 is 38.1 Å². The Balaban J connectivity index is 1.42. The molecule has 2 fully saturated rings. The van der Waals surface area contributed by atoms with Gasteiger partial charge in [-0.25, -0.2) is 19.0 Å². The number of amides is 3. The van der Waals surface area contributed by atoms with Crippen LogP contribution < -0.4 is 15.4 Å². The van der Waals surface area contributed by atoms with Gasteiger partial charge in [-0.3, -0.25) is 9.59 Å². The molecule has 5 rings (SSSR count). The number of aliphatic carboxylic acids is 1. The van der Waals surface area contributed by atoms with Crippen molar-refractivity contribution >= 4 is 45.4 Å². The second-order valence-corrected chi connectivity index (χ2v) is 13.4. The highest BCUT2D eigenvalue weighted by atomic mass is 32.1. The van der Waals surface area contributed by atoms with Crippen LogP contribution in [-0.4, -0.2) is 74.7 Å². The van der Waals surface area contributed by atoms with Gasteiger partial charge in [0.2, 0.25) is 11.8 Å². The van der Waals surface area contributed by atoms with Crippen LogP contribution in [0.3, 0.4) is 0 Å².